The van der Waals surface area contributed by atoms with Crippen LogP contribution in [-0.4, -0.2) is 17.2 Å². The lowest BCUT2D eigenvalue weighted by atomic mass is 10.2. The number of nitrogens with one attached hydrogen (secondary N) is 1. The van der Waals surface area contributed by atoms with Crippen LogP contribution in [-0.2, 0) is 11.3 Å². The highest BCUT2D eigenvalue weighted by Crippen LogP contribution is 2.26. The number of pyridine rings is 1. The van der Waals surface area contributed by atoms with Gasteiger partial charge in [-0.05, 0) is 34.5 Å². The molecular formula is C16H16N2O2S. The van der Waals surface area contributed by atoms with Crippen LogP contribution in [0.1, 0.15) is 17.4 Å². The molecule has 4 nitrogen and oxygen atoms in total. The van der Waals surface area contributed by atoms with Gasteiger partial charge in [0.15, 0.2) is 6.29 Å². The van der Waals surface area contributed by atoms with Gasteiger partial charge in [-0.1, -0.05) is 18.2 Å². The molecular weight excluding hydrogens is 284 g/mol. The summed E-state index contributed by atoms with van der Waals surface area (Å²) in [4.78, 5) is 4.28. The Morgan fingerprint density at radius 3 is 2.90 bits per heavy atom. The first kappa shape index (κ1) is 14.0. The van der Waals surface area contributed by atoms with E-state index >= 15 is 0 Å². The number of hydrogen-bond donors (Lipinski definition) is 2. The average molecular weight is 300 g/mol. The summed E-state index contributed by atoms with van der Waals surface area (Å²) in [6.45, 7) is 0.725. The van der Waals surface area contributed by atoms with E-state index in [0.29, 0.717) is 5.56 Å². The molecule has 0 radical (unpaired) electrons. The Kier molecular flexibility index (Phi) is 4.15. The molecule has 0 aliphatic carbocycles. The number of aliphatic hydroxyl groups is 1. The summed E-state index contributed by atoms with van der Waals surface area (Å²) in [5, 5.41) is 16.3. The predicted molar refractivity (Wildman–Crippen MR) is 85.4 cm³/mol. The van der Waals surface area contributed by atoms with Crippen LogP contribution in [0.15, 0.2) is 48.0 Å². The highest BCUT2D eigenvalue weighted by molar-refractivity contribution is 7.17. The fourth-order valence-electron chi connectivity index (χ4n) is 2.15. The molecule has 0 bridgehead atoms. The Balaban J connectivity index is 1.70. The van der Waals surface area contributed by atoms with Crippen LogP contribution in [0.2, 0.25) is 0 Å². The van der Waals surface area contributed by atoms with Gasteiger partial charge in [-0.2, -0.15) is 0 Å². The zero-order valence-electron chi connectivity index (χ0n) is 11.6. The summed E-state index contributed by atoms with van der Waals surface area (Å²) in [7, 11) is 1.46. The Morgan fingerprint density at radius 2 is 2.14 bits per heavy atom. The minimum atomic E-state index is -0.924. The number of methoxy groups -OCH3 is 1. The maximum Gasteiger partial charge on any atom is 0.182 e. The van der Waals surface area contributed by atoms with Crippen molar-refractivity contribution < 1.29 is 9.84 Å². The molecule has 1 atom stereocenters. The van der Waals surface area contributed by atoms with Crippen molar-refractivity contribution in [3.05, 3.63) is 59.1 Å². The minimum absolute atomic E-state index is 0.643. The SMILES string of the molecule is COC(O)c1ccc(NCc2csc3ccccc23)nc1. The Bertz CT molecular complexity index is 724. The van der Waals surface area contributed by atoms with Gasteiger partial charge >= 0.3 is 0 Å². The molecule has 5 heteroatoms. The standard InChI is InChI=1S/C16H16N2O2S/c1-20-16(19)11-6-7-15(17-8-11)18-9-12-10-21-14-5-3-2-4-13(12)14/h2-8,10,16,19H,9H2,1H3,(H,17,18). The molecule has 2 N–H and O–H groups in total. The van der Waals surface area contributed by atoms with Gasteiger partial charge in [0.25, 0.3) is 0 Å². The van der Waals surface area contributed by atoms with E-state index in [-0.39, 0.29) is 0 Å². The lowest BCUT2D eigenvalue weighted by Gasteiger charge is -2.09. The molecule has 3 aromatic rings. The maximum absolute atomic E-state index is 9.54. The molecule has 0 aliphatic rings. The van der Waals surface area contributed by atoms with Gasteiger partial charge in [0, 0.05) is 30.1 Å². The average Bonchev–Trinajstić information content (AvgIpc) is 2.96. The summed E-state index contributed by atoms with van der Waals surface area (Å²) < 4.78 is 6.13. The Hall–Kier alpha value is -1.95. The number of rotatable bonds is 5. The summed E-state index contributed by atoms with van der Waals surface area (Å²) in [5.41, 5.74) is 1.91. The van der Waals surface area contributed by atoms with Crippen LogP contribution in [0.25, 0.3) is 10.1 Å². The van der Waals surface area contributed by atoms with Gasteiger partial charge in [0.1, 0.15) is 5.82 Å². The molecule has 0 fully saturated rings. The molecule has 2 heterocycles. The lowest BCUT2D eigenvalue weighted by molar-refractivity contribution is -0.0771. The first-order chi connectivity index (χ1) is 10.3. The van der Waals surface area contributed by atoms with Gasteiger partial charge < -0.3 is 15.2 Å². The topological polar surface area (TPSA) is 54.4 Å². The zero-order valence-corrected chi connectivity index (χ0v) is 12.4. The van der Waals surface area contributed by atoms with Crippen LogP contribution in [0, 0.1) is 0 Å². The number of hydrogen-bond acceptors (Lipinski definition) is 5. The fourth-order valence-corrected chi connectivity index (χ4v) is 3.11. The van der Waals surface area contributed by atoms with Crippen LogP contribution in [0.3, 0.4) is 0 Å². The third-order valence-electron chi connectivity index (χ3n) is 3.32. The second kappa shape index (κ2) is 6.22. The smallest absolute Gasteiger partial charge is 0.182 e. The van der Waals surface area contributed by atoms with Crippen molar-refractivity contribution in [3.63, 3.8) is 0 Å². The Morgan fingerprint density at radius 1 is 1.29 bits per heavy atom. The van der Waals surface area contributed by atoms with Crippen LogP contribution in [0.4, 0.5) is 5.82 Å². The second-order valence-electron chi connectivity index (χ2n) is 4.68. The third kappa shape index (κ3) is 3.05. The van der Waals surface area contributed by atoms with Crippen molar-refractivity contribution in [2.24, 2.45) is 0 Å². The second-order valence-corrected chi connectivity index (χ2v) is 5.59. The first-order valence-electron chi connectivity index (χ1n) is 6.63. The first-order valence-corrected chi connectivity index (χ1v) is 7.51. The van der Waals surface area contributed by atoms with E-state index in [1.165, 1.54) is 22.8 Å². The Labute approximate surface area is 127 Å². The zero-order chi connectivity index (χ0) is 14.7. The monoisotopic (exact) mass is 300 g/mol. The van der Waals surface area contributed by atoms with E-state index < -0.39 is 6.29 Å². The number of thiophene rings is 1. The summed E-state index contributed by atoms with van der Waals surface area (Å²) in [6.07, 6.45) is 0.690. The quantitative estimate of drug-likeness (QED) is 0.708. The van der Waals surface area contributed by atoms with Crippen molar-refractivity contribution in [1.82, 2.24) is 4.98 Å². The molecule has 0 spiro atoms. The van der Waals surface area contributed by atoms with Crippen molar-refractivity contribution in [3.8, 4) is 0 Å². The molecule has 0 amide bonds. The van der Waals surface area contributed by atoms with Gasteiger partial charge in [-0.25, -0.2) is 4.98 Å². The molecule has 3 rings (SSSR count). The summed E-state index contributed by atoms with van der Waals surface area (Å²) in [5.74, 6) is 0.775. The molecule has 0 aliphatic heterocycles. The van der Waals surface area contributed by atoms with Crippen molar-refractivity contribution >= 4 is 27.2 Å². The van der Waals surface area contributed by atoms with E-state index in [9.17, 15) is 5.11 Å². The van der Waals surface area contributed by atoms with Gasteiger partial charge in [-0.3, -0.25) is 0 Å². The fraction of sp³-hybridized carbons (Fsp3) is 0.188. The van der Waals surface area contributed by atoms with E-state index in [1.807, 2.05) is 6.07 Å². The lowest BCUT2D eigenvalue weighted by Crippen LogP contribution is -2.03. The molecule has 1 aromatic carbocycles. The number of aliphatic hydroxyl groups excluding tert-OH is 1. The highest BCUT2D eigenvalue weighted by Gasteiger charge is 2.06. The molecule has 1 unspecified atom stereocenters. The van der Waals surface area contributed by atoms with Gasteiger partial charge in [0.2, 0.25) is 0 Å². The third-order valence-corrected chi connectivity index (χ3v) is 4.33. The van der Waals surface area contributed by atoms with Crippen molar-refractivity contribution in [1.29, 1.82) is 0 Å². The highest BCUT2D eigenvalue weighted by atomic mass is 32.1. The largest absolute Gasteiger partial charge is 0.366 e. The number of fused-ring (bicyclic) bond motifs is 1. The van der Waals surface area contributed by atoms with Crippen molar-refractivity contribution in [2.45, 2.75) is 12.8 Å². The molecule has 21 heavy (non-hydrogen) atoms. The van der Waals surface area contributed by atoms with E-state index in [4.69, 9.17) is 4.74 Å². The normalized spacial score (nSPS) is 12.5. The number of ether oxygens (including phenoxy) is 1. The van der Waals surface area contributed by atoms with Crippen LogP contribution >= 0.6 is 11.3 Å². The summed E-state index contributed by atoms with van der Waals surface area (Å²) in [6, 6.07) is 12.0. The number of benzene rings is 1. The number of aromatic nitrogens is 1. The number of anilines is 1. The maximum atomic E-state index is 9.54. The summed E-state index contributed by atoms with van der Waals surface area (Å²) >= 11 is 1.75. The molecule has 108 valence electrons. The predicted octanol–water partition coefficient (Wildman–Crippen LogP) is 3.55. The van der Waals surface area contributed by atoms with E-state index in [1.54, 1.807) is 23.6 Å². The van der Waals surface area contributed by atoms with Crippen molar-refractivity contribution in [2.75, 3.05) is 12.4 Å². The number of nitrogens with zero attached hydrogens (tertiary/aromatic N) is 1. The molecule has 0 saturated carbocycles. The molecule has 2 aromatic heterocycles. The van der Waals surface area contributed by atoms with Crippen LogP contribution < -0.4 is 5.32 Å². The minimum Gasteiger partial charge on any atom is -0.366 e. The van der Waals surface area contributed by atoms with Gasteiger partial charge in [0.05, 0.1) is 0 Å². The molecule has 0 saturated heterocycles. The van der Waals surface area contributed by atoms with E-state index in [2.05, 4.69) is 39.9 Å². The van der Waals surface area contributed by atoms with Crippen LogP contribution in [0.5, 0.6) is 0 Å². The van der Waals surface area contributed by atoms with Gasteiger partial charge in [-0.15, -0.1) is 11.3 Å². The van der Waals surface area contributed by atoms with E-state index in [0.717, 1.165) is 12.4 Å².